The zero-order valence-corrected chi connectivity index (χ0v) is 11.7. The monoisotopic (exact) mass is 265 g/mol. The minimum Gasteiger partial charge on any atom is -0.478 e. The average Bonchev–Trinajstić information content (AvgIpc) is 2.43. The fraction of sp³-hybridized carbons (Fsp3) is 0.571. The van der Waals surface area contributed by atoms with Crippen molar-refractivity contribution in [2.45, 2.75) is 26.8 Å². The largest absolute Gasteiger partial charge is 0.478 e. The highest BCUT2D eigenvalue weighted by atomic mass is 16.4. The molecule has 1 aromatic heterocycles. The molecule has 0 radical (unpaired) electrons. The lowest BCUT2D eigenvalue weighted by molar-refractivity contribution is 0.0696. The molecule has 2 N–H and O–H groups in total. The van der Waals surface area contributed by atoms with E-state index < -0.39 is 5.97 Å². The molecule has 0 atom stereocenters. The summed E-state index contributed by atoms with van der Waals surface area (Å²) in [5, 5.41) is 12.1. The maximum absolute atomic E-state index is 10.7. The highest BCUT2D eigenvalue weighted by Gasteiger charge is 2.02. The Balaban J connectivity index is 2.20. The molecule has 0 fully saturated rings. The van der Waals surface area contributed by atoms with Gasteiger partial charge in [0, 0.05) is 12.7 Å². The smallest absolute Gasteiger partial charge is 0.337 e. The third kappa shape index (κ3) is 5.81. The fourth-order valence-corrected chi connectivity index (χ4v) is 1.84. The van der Waals surface area contributed by atoms with Gasteiger partial charge in [0.15, 0.2) is 0 Å². The molecular formula is C14H23N3O2. The standard InChI is InChI=1S/C14H23N3O2/c1-3-17(4-2)9-5-8-15-11-13-7-6-12(10-16-13)14(18)19/h6-7,10,15H,3-5,8-9,11H2,1-2H3,(H,18,19). The minimum atomic E-state index is -0.939. The van der Waals surface area contributed by atoms with Gasteiger partial charge in [-0.05, 0) is 44.7 Å². The van der Waals surface area contributed by atoms with Crippen molar-refractivity contribution in [3.63, 3.8) is 0 Å². The van der Waals surface area contributed by atoms with Gasteiger partial charge in [0.1, 0.15) is 0 Å². The Bertz CT molecular complexity index is 375. The molecule has 1 heterocycles. The van der Waals surface area contributed by atoms with E-state index in [2.05, 4.69) is 29.0 Å². The van der Waals surface area contributed by atoms with Crippen molar-refractivity contribution in [3.05, 3.63) is 29.6 Å². The molecule has 5 nitrogen and oxygen atoms in total. The first-order valence-electron chi connectivity index (χ1n) is 6.78. The topological polar surface area (TPSA) is 65.5 Å². The van der Waals surface area contributed by atoms with Crippen LogP contribution in [-0.4, -0.2) is 47.1 Å². The van der Waals surface area contributed by atoms with Gasteiger partial charge in [-0.25, -0.2) is 4.79 Å². The van der Waals surface area contributed by atoms with E-state index >= 15 is 0 Å². The van der Waals surface area contributed by atoms with E-state index in [1.807, 2.05) is 0 Å². The van der Waals surface area contributed by atoms with Crippen LogP contribution in [0.5, 0.6) is 0 Å². The lowest BCUT2D eigenvalue weighted by Crippen LogP contribution is -2.27. The molecule has 0 aliphatic rings. The van der Waals surface area contributed by atoms with Crippen LogP contribution in [0.15, 0.2) is 18.3 Å². The van der Waals surface area contributed by atoms with Crippen molar-refractivity contribution in [3.8, 4) is 0 Å². The molecule has 0 aromatic carbocycles. The number of carboxylic acid groups (broad SMARTS) is 1. The summed E-state index contributed by atoms with van der Waals surface area (Å²) in [5.74, 6) is -0.939. The Morgan fingerprint density at radius 2 is 2.11 bits per heavy atom. The molecule has 1 rings (SSSR count). The summed E-state index contributed by atoms with van der Waals surface area (Å²) >= 11 is 0. The van der Waals surface area contributed by atoms with Crippen molar-refractivity contribution < 1.29 is 9.90 Å². The number of rotatable bonds is 9. The Kier molecular flexibility index (Phi) is 7.07. The van der Waals surface area contributed by atoms with Gasteiger partial charge in [0.2, 0.25) is 0 Å². The van der Waals surface area contributed by atoms with E-state index in [0.717, 1.165) is 38.3 Å². The van der Waals surface area contributed by atoms with Gasteiger partial charge in [-0.1, -0.05) is 13.8 Å². The highest BCUT2D eigenvalue weighted by molar-refractivity contribution is 5.87. The average molecular weight is 265 g/mol. The van der Waals surface area contributed by atoms with E-state index in [1.165, 1.54) is 6.20 Å². The quantitative estimate of drug-likeness (QED) is 0.664. The highest BCUT2D eigenvalue weighted by Crippen LogP contribution is 2.00. The fourth-order valence-electron chi connectivity index (χ4n) is 1.84. The van der Waals surface area contributed by atoms with Crippen molar-refractivity contribution in [1.29, 1.82) is 0 Å². The number of pyridine rings is 1. The molecule has 0 unspecified atom stereocenters. The lowest BCUT2D eigenvalue weighted by Gasteiger charge is -2.17. The molecular weight excluding hydrogens is 242 g/mol. The summed E-state index contributed by atoms with van der Waals surface area (Å²) in [4.78, 5) is 17.2. The van der Waals surface area contributed by atoms with Gasteiger partial charge in [0.25, 0.3) is 0 Å². The van der Waals surface area contributed by atoms with Crippen LogP contribution < -0.4 is 5.32 Å². The van der Waals surface area contributed by atoms with E-state index in [4.69, 9.17) is 5.11 Å². The van der Waals surface area contributed by atoms with Gasteiger partial charge in [-0.2, -0.15) is 0 Å². The zero-order valence-electron chi connectivity index (χ0n) is 11.7. The first kappa shape index (κ1) is 15.6. The normalized spacial score (nSPS) is 10.9. The predicted octanol–water partition coefficient (Wildman–Crippen LogP) is 1.60. The second kappa shape index (κ2) is 8.61. The van der Waals surface area contributed by atoms with Crippen molar-refractivity contribution in [2.75, 3.05) is 26.2 Å². The van der Waals surface area contributed by atoms with Gasteiger partial charge >= 0.3 is 5.97 Å². The van der Waals surface area contributed by atoms with Crippen LogP contribution in [0.4, 0.5) is 0 Å². The molecule has 0 spiro atoms. The SMILES string of the molecule is CCN(CC)CCCNCc1ccc(C(=O)O)cn1. The Labute approximate surface area is 114 Å². The number of aromatic carboxylic acids is 1. The number of nitrogens with one attached hydrogen (secondary N) is 1. The summed E-state index contributed by atoms with van der Waals surface area (Å²) in [6.07, 6.45) is 2.50. The van der Waals surface area contributed by atoms with Crippen LogP contribution in [0, 0.1) is 0 Å². The minimum absolute atomic E-state index is 0.227. The number of hydrogen-bond donors (Lipinski definition) is 2. The van der Waals surface area contributed by atoms with E-state index in [1.54, 1.807) is 12.1 Å². The molecule has 106 valence electrons. The van der Waals surface area contributed by atoms with Crippen LogP contribution in [0.3, 0.4) is 0 Å². The molecule has 1 aromatic rings. The molecule has 0 aliphatic carbocycles. The summed E-state index contributed by atoms with van der Waals surface area (Å²) in [6.45, 7) is 9.25. The molecule has 0 aliphatic heterocycles. The molecule has 0 bridgehead atoms. The van der Waals surface area contributed by atoms with E-state index in [-0.39, 0.29) is 5.56 Å². The summed E-state index contributed by atoms with van der Waals surface area (Å²) in [7, 11) is 0. The molecule has 0 saturated carbocycles. The Morgan fingerprint density at radius 1 is 1.37 bits per heavy atom. The van der Waals surface area contributed by atoms with Crippen LogP contribution in [0.2, 0.25) is 0 Å². The molecule has 5 heteroatoms. The van der Waals surface area contributed by atoms with Gasteiger partial charge in [-0.15, -0.1) is 0 Å². The van der Waals surface area contributed by atoms with Crippen LogP contribution in [0.25, 0.3) is 0 Å². The van der Waals surface area contributed by atoms with E-state index in [9.17, 15) is 4.79 Å². The number of carboxylic acids is 1. The Hall–Kier alpha value is -1.46. The van der Waals surface area contributed by atoms with Crippen molar-refractivity contribution in [2.24, 2.45) is 0 Å². The van der Waals surface area contributed by atoms with Gasteiger partial charge in [-0.3, -0.25) is 4.98 Å². The first-order chi connectivity index (χ1) is 9.17. The lowest BCUT2D eigenvalue weighted by atomic mass is 10.2. The second-order valence-electron chi connectivity index (χ2n) is 4.40. The maximum Gasteiger partial charge on any atom is 0.337 e. The summed E-state index contributed by atoms with van der Waals surface area (Å²) in [6, 6.07) is 3.34. The summed E-state index contributed by atoms with van der Waals surface area (Å²) in [5.41, 5.74) is 1.10. The van der Waals surface area contributed by atoms with Crippen molar-refractivity contribution in [1.82, 2.24) is 15.2 Å². The van der Waals surface area contributed by atoms with Gasteiger partial charge < -0.3 is 15.3 Å². The number of nitrogens with zero attached hydrogens (tertiary/aromatic N) is 2. The third-order valence-corrected chi connectivity index (χ3v) is 3.10. The van der Waals surface area contributed by atoms with Crippen LogP contribution >= 0.6 is 0 Å². The van der Waals surface area contributed by atoms with Crippen molar-refractivity contribution >= 4 is 5.97 Å². The number of carbonyl (C=O) groups is 1. The van der Waals surface area contributed by atoms with Crippen LogP contribution in [-0.2, 0) is 6.54 Å². The molecule has 19 heavy (non-hydrogen) atoms. The Morgan fingerprint density at radius 3 is 2.63 bits per heavy atom. The molecule has 0 amide bonds. The van der Waals surface area contributed by atoms with E-state index in [0.29, 0.717) is 6.54 Å². The second-order valence-corrected chi connectivity index (χ2v) is 4.40. The molecule has 0 saturated heterocycles. The van der Waals surface area contributed by atoms with Gasteiger partial charge in [0.05, 0.1) is 11.3 Å². The maximum atomic E-state index is 10.7. The number of aromatic nitrogens is 1. The third-order valence-electron chi connectivity index (χ3n) is 3.10. The predicted molar refractivity (Wildman–Crippen MR) is 75.3 cm³/mol. The summed E-state index contributed by atoms with van der Waals surface area (Å²) < 4.78 is 0. The first-order valence-corrected chi connectivity index (χ1v) is 6.78. The zero-order chi connectivity index (χ0) is 14.1. The number of hydrogen-bond acceptors (Lipinski definition) is 4. The van der Waals surface area contributed by atoms with Crippen LogP contribution in [0.1, 0.15) is 36.3 Å².